The summed E-state index contributed by atoms with van der Waals surface area (Å²) in [5.74, 6) is -0.900. The summed E-state index contributed by atoms with van der Waals surface area (Å²) in [5, 5.41) is 8.28. The second-order valence-electron chi connectivity index (χ2n) is 2.09. The Balaban J connectivity index is 0. The van der Waals surface area contributed by atoms with Gasteiger partial charge in [0.1, 0.15) is 6.04 Å². The second-order valence-corrected chi connectivity index (χ2v) is 2.09. The zero-order valence-corrected chi connectivity index (χ0v) is 8.63. The fourth-order valence-electron chi connectivity index (χ4n) is 0.548. The molecule has 0 bridgehead atoms. The fraction of sp³-hybridized carbons (Fsp3) is 0.833. The molecule has 0 rings (SSSR count). The maximum absolute atomic E-state index is 10.1. The summed E-state index contributed by atoms with van der Waals surface area (Å²) in [6.45, 7) is 2.01. The average molecular weight is 154 g/mol. The number of aliphatic carboxylic acids is 1. The standard InChI is InChI=1S/C6H13NO2.Na/c1-2-3-4-5(7)6(8)9;/h5H,2-4,7H2,1H3,(H,8,9);. The van der Waals surface area contributed by atoms with Crippen molar-refractivity contribution in [1.29, 1.82) is 0 Å². The molecule has 0 spiro atoms. The monoisotopic (exact) mass is 154 g/mol. The number of carbonyl (C=O) groups is 1. The van der Waals surface area contributed by atoms with Crippen LogP contribution in [-0.4, -0.2) is 46.7 Å². The van der Waals surface area contributed by atoms with Crippen LogP contribution in [0.2, 0.25) is 0 Å². The van der Waals surface area contributed by atoms with Gasteiger partial charge >= 0.3 is 5.97 Å². The van der Waals surface area contributed by atoms with Gasteiger partial charge in [-0.15, -0.1) is 0 Å². The molecule has 55 valence electrons. The van der Waals surface area contributed by atoms with Crippen molar-refractivity contribution in [3.05, 3.63) is 0 Å². The first kappa shape index (κ1) is 13.1. The molecule has 0 aromatic rings. The van der Waals surface area contributed by atoms with Gasteiger partial charge in [0.2, 0.25) is 0 Å². The minimum atomic E-state index is -0.900. The number of nitrogens with two attached hydrogens (primary N) is 1. The van der Waals surface area contributed by atoms with Gasteiger partial charge in [-0.25, -0.2) is 0 Å². The molecule has 0 fully saturated rings. The minimum Gasteiger partial charge on any atom is -0.480 e. The predicted octanol–water partition coefficient (Wildman–Crippen LogP) is 0.208. The first-order valence-corrected chi connectivity index (χ1v) is 3.17. The van der Waals surface area contributed by atoms with E-state index in [4.69, 9.17) is 10.8 Å². The van der Waals surface area contributed by atoms with Gasteiger partial charge in [-0.1, -0.05) is 19.8 Å². The Kier molecular flexibility index (Phi) is 9.84. The van der Waals surface area contributed by atoms with E-state index in [1.165, 1.54) is 0 Å². The van der Waals surface area contributed by atoms with E-state index < -0.39 is 12.0 Å². The minimum absolute atomic E-state index is 0. The van der Waals surface area contributed by atoms with Crippen LogP contribution < -0.4 is 5.73 Å². The molecule has 1 atom stereocenters. The van der Waals surface area contributed by atoms with Gasteiger partial charge in [0.15, 0.2) is 0 Å². The summed E-state index contributed by atoms with van der Waals surface area (Å²) in [7, 11) is 0. The Morgan fingerprint density at radius 1 is 1.70 bits per heavy atom. The summed E-state index contributed by atoms with van der Waals surface area (Å²) in [6.07, 6.45) is 2.49. The van der Waals surface area contributed by atoms with Crippen LogP contribution >= 0.6 is 0 Å². The largest absolute Gasteiger partial charge is 0.480 e. The van der Waals surface area contributed by atoms with Crippen LogP contribution in [0, 0.1) is 0 Å². The summed E-state index contributed by atoms with van der Waals surface area (Å²) in [5.41, 5.74) is 5.20. The summed E-state index contributed by atoms with van der Waals surface area (Å²) < 4.78 is 0. The zero-order chi connectivity index (χ0) is 7.28. The Labute approximate surface area is 83.3 Å². The molecule has 4 heteroatoms. The number of carboxylic acids is 1. The molecule has 10 heavy (non-hydrogen) atoms. The van der Waals surface area contributed by atoms with Crippen LogP contribution in [0.4, 0.5) is 0 Å². The third-order valence-corrected chi connectivity index (χ3v) is 1.19. The number of rotatable bonds is 4. The molecule has 1 radical (unpaired) electrons. The Morgan fingerprint density at radius 2 is 2.20 bits per heavy atom. The molecular weight excluding hydrogens is 141 g/mol. The molecule has 0 aromatic carbocycles. The third kappa shape index (κ3) is 6.55. The van der Waals surface area contributed by atoms with Gasteiger partial charge in [-0.2, -0.15) is 0 Å². The number of unbranched alkanes of at least 4 members (excludes halogenated alkanes) is 1. The molecule has 0 aliphatic heterocycles. The normalized spacial score (nSPS) is 11.8. The molecule has 0 aromatic heterocycles. The number of carboxylic acid groups (broad SMARTS) is 1. The van der Waals surface area contributed by atoms with E-state index in [0.717, 1.165) is 12.8 Å². The summed E-state index contributed by atoms with van der Waals surface area (Å²) in [6, 6.07) is -0.662. The zero-order valence-electron chi connectivity index (χ0n) is 6.63. The van der Waals surface area contributed by atoms with E-state index >= 15 is 0 Å². The Bertz CT molecular complexity index is 97.7. The van der Waals surface area contributed by atoms with E-state index in [2.05, 4.69) is 0 Å². The topological polar surface area (TPSA) is 63.3 Å². The first-order chi connectivity index (χ1) is 4.18. The smallest absolute Gasteiger partial charge is 0.320 e. The molecule has 0 saturated carbocycles. The average Bonchev–Trinajstić information content (AvgIpc) is 1.82. The maximum Gasteiger partial charge on any atom is 0.320 e. The van der Waals surface area contributed by atoms with Gasteiger partial charge in [-0.05, 0) is 6.42 Å². The fourth-order valence-corrected chi connectivity index (χ4v) is 0.548. The molecule has 0 aliphatic rings. The van der Waals surface area contributed by atoms with Crippen LogP contribution in [-0.2, 0) is 4.79 Å². The van der Waals surface area contributed by atoms with E-state index in [0.29, 0.717) is 6.42 Å². The van der Waals surface area contributed by atoms with Gasteiger partial charge in [0, 0.05) is 29.6 Å². The number of hydrogen-bond acceptors (Lipinski definition) is 2. The summed E-state index contributed by atoms with van der Waals surface area (Å²) >= 11 is 0. The molecule has 0 saturated heterocycles. The molecule has 1 unspecified atom stereocenters. The molecule has 0 amide bonds. The van der Waals surface area contributed by atoms with Crippen LogP contribution in [0.25, 0.3) is 0 Å². The Morgan fingerprint density at radius 3 is 2.50 bits per heavy atom. The van der Waals surface area contributed by atoms with E-state index in [1.54, 1.807) is 0 Å². The van der Waals surface area contributed by atoms with Crippen molar-refractivity contribution >= 4 is 35.5 Å². The maximum atomic E-state index is 10.1. The van der Waals surface area contributed by atoms with Crippen molar-refractivity contribution in [2.75, 3.05) is 0 Å². The molecule has 0 aliphatic carbocycles. The molecule has 3 nitrogen and oxygen atoms in total. The molecule has 0 heterocycles. The first-order valence-electron chi connectivity index (χ1n) is 3.17. The second kappa shape index (κ2) is 7.54. The van der Waals surface area contributed by atoms with E-state index in [-0.39, 0.29) is 29.6 Å². The van der Waals surface area contributed by atoms with Gasteiger partial charge in [0.25, 0.3) is 0 Å². The SMILES string of the molecule is CCCCC(N)C(=O)O.[Na]. The van der Waals surface area contributed by atoms with Crippen LogP contribution in [0.1, 0.15) is 26.2 Å². The van der Waals surface area contributed by atoms with Crippen molar-refractivity contribution in [2.45, 2.75) is 32.2 Å². The van der Waals surface area contributed by atoms with Crippen molar-refractivity contribution in [2.24, 2.45) is 5.73 Å². The van der Waals surface area contributed by atoms with E-state index in [1.807, 2.05) is 6.92 Å². The van der Waals surface area contributed by atoms with Gasteiger partial charge < -0.3 is 10.8 Å². The van der Waals surface area contributed by atoms with Crippen molar-refractivity contribution < 1.29 is 9.90 Å². The van der Waals surface area contributed by atoms with E-state index in [9.17, 15) is 4.79 Å². The Hall–Kier alpha value is 0.430. The van der Waals surface area contributed by atoms with Crippen molar-refractivity contribution in [3.63, 3.8) is 0 Å². The third-order valence-electron chi connectivity index (χ3n) is 1.19. The van der Waals surface area contributed by atoms with Crippen molar-refractivity contribution in [1.82, 2.24) is 0 Å². The molecule has 3 N–H and O–H groups in total. The van der Waals surface area contributed by atoms with Crippen LogP contribution in [0.5, 0.6) is 0 Å². The number of hydrogen-bond donors (Lipinski definition) is 2. The molecular formula is C6H13NNaO2. The van der Waals surface area contributed by atoms with Crippen LogP contribution in [0.15, 0.2) is 0 Å². The van der Waals surface area contributed by atoms with Gasteiger partial charge in [0.05, 0.1) is 0 Å². The van der Waals surface area contributed by atoms with Crippen molar-refractivity contribution in [3.8, 4) is 0 Å². The predicted molar refractivity (Wildman–Crippen MR) is 40.9 cm³/mol. The quantitative estimate of drug-likeness (QED) is 0.569. The van der Waals surface area contributed by atoms with Gasteiger partial charge in [-0.3, -0.25) is 4.79 Å². The summed E-state index contributed by atoms with van der Waals surface area (Å²) in [4.78, 5) is 10.1. The van der Waals surface area contributed by atoms with Crippen LogP contribution in [0.3, 0.4) is 0 Å².